The molecule has 5 nitrogen and oxygen atoms in total. The maximum absolute atomic E-state index is 11.8. The van der Waals surface area contributed by atoms with Crippen molar-refractivity contribution >= 4 is 18.0 Å². The Morgan fingerprint density at radius 2 is 1.69 bits per heavy atom. The SMILES string of the molecule is Cc1ccc(/C=N/NC(=O)CCCCCNC(=O)c2ccccc2)cc1. The van der Waals surface area contributed by atoms with E-state index in [-0.39, 0.29) is 11.8 Å². The standard InChI is InChI=1S/C21H25N3O2/c1-17-11-13-18(14-12-17)16-23-24-20(25)10-6-3-7-15-22-21(26)19-8-4-2-5-9-19/h2,4-5,8-9,11-14,16H,3,6-7,10,15H2,1H3,(H,22,26)(H,24,25)/b23-16+. The Labute approximate surface area is 154 Å². The van der Waals surface area contributed by atoms with Crippen LogP contribution >= 0.6 is 0 Å². The van der Waals surface area contributed by atoms with E-state index in [0.717, 1.165) is 24.8 Å². The van der Waals surface area contributed by atoms with Crippen molar-refractivity contribution in [3.05, 3.63) is 71.3 Å². The van der Waals surface area contributed by atoms with E-state index in [2.05, 4.69) is 15.8 Å². The van der Waals surface area contributed by atoms with Gasteiger partial charge in [-0.1, -0.05) is 54.4 Å². The molecule has 2 N–H and O–H groups in total. The zero-order chi connectivity index (χ0) is 18.6. The number of unbranched alkanes of at least 4 members (excludes halogenated alkanes) is 2. The molecule has 0 aliphatic rings. The van der Waals surface area contributed by atoms with Crippen molar-refractivity contribution in [2.45, 2.75) is 32.6 Å². The summed E-state index contributed by atoms with van der Waals surface area (Å²) in [6.45, 7) is 2.64. The van der Waals surface area contributed by atoms with E-state index in [0.29, 0.717) is 18.5 Å². The summed E-state index contributed by atoms with van der Waals surface area (Å²) in [5.74, 6) is -0.157. The number of hydrogen-bond acceptors (Lipinski definition) is 3. The van der Waals surface area contributed by atoms with Crippen molar-refractivity contribution in [1.29, 1.82) is 0 Å². The molecule has 0 atom stereocenters. The zero-order valence-corrected chi connectivity index (χ0v) is 15.1. The molecule has 0 aliphatic heterocycles. The highest BCUT2D eigenvalue weighted by Crippen LogP contribution is 2.02. The fourth-order valence-electron chi connectivity index (χ4n) is 2.37. The summed E-state index contributed by atoms with van der Waals surface area (Å²) >= 11 is 0. The number of hydrogen-bond donors (Lipinski definition) is 2. The van der Waals surface area contributed by atoms with Gasteiger partial charge in [0, 0.05) is 18.5 Å². The van der Waals surface area contributed by atoms with Crippen molar-refractivity contribution in [3.63, 3.8) is 0 Å². The summed E-state index contributed by atoms with van der Waals surface area (Å²) in [5, 5.41) is 6.84. The molecule has 0 unspecified atom stereocenters. The van der Waals surface area contributed by atoms with Crippen molar-refractivity contribution in [2.24, 2.45) is 5.10 Å². The topological polar surface area (TPSA) is 70.6 Å². The maximum atomic E-state index is 11.8. The molecule has 5 heteroatoms. The lowest BCUT2D eigenvalue weighted by molar-refractivity contribution is -0.121. The minimum absolute atomic E-state index is 0.0613. The number of nitrogens with one attached hydrogen (secondary N) is 2. The average Bonchev–Trinajstić information content (AvgIpc) is 2.66. The van der Waals surface area contributed by atoms with Crippen LogP contribution in [0.25, 0.3) is 0 Å². The Morgan fingerprint density at radius 1 is 0.962 bits per heavy atom. The predicted molar refractivity (Wildman–Crippen MR) is 104 cm³/mol. The first-order chi connectivity index (χ1) is 12.6. The number of carbonyl (C=O) groups excluding carboxylic acids is 2. The summed E-state index contributed by atoms with van der Waals surface area (Å²) < 4.78 is 0. The smallest absolute Gasteiger partial charge is 0.251 e. The molecule has 0 spiro atoms. The molecular formula is C21H25N3O2. The van der Waals surface area contributed by atoms with Crippen LogP contribution in [0.5, 0.6) is 0 Å². The second-order valence-electron chi connectivity index (χ2n) is 6.14. The second-order valence-corrected chi connectivity index (χ2v) is 6.14. The van der Waals surface area contributed by atoms with Crippen LogP contribution in [0.4, 0.5) is 0 Å². The normalized spacial score (nSPS) is 10.7. The van der Waals surface area contributed by atoms with Crippen molar-refractivity contribution in [1.82, 2.24) is 10.7 Å². The quantitative estimate of drug-likeness (QED) is 0.413. The summed E-state index contributed by atoms with van der Waals surface area (Å²) in [5.41, 5.74) is 5.34. The van der Waals surface area contributed by atoms with Gasteiger partial charge in [0.15, 0.2) is 0 Å². The van der Waals surface area contributed by atoms with E-state index in [1.54, 1.807) is 18.3 Å². The largest absolute Gasteiger partial charge is 0.352 e. The maximum Gasteiger partial charge on any atom is 0.251 e. The third-order valence-electron chi connectivity index (χ3n) is 3.88. The van der Waals surface area contributed by atoms with Gasteiger partial charge in [0.1, 0.15) is 0 Å². The third kappa shape index (κ3) is 7.30. The van der Waals surface area contributed by atoms with Gasteiger partial charge in [-0.2, -0.15) is 5.10 Å². The predicted octanol–water partition coefficient (Wildman–Crippen LogP) is 3.44. The van der Waals surface area contributed by atoms with Gasteiger partial charge in [-0.05, 0) is 37.5 Å². The highest BCUT2D eigenvalue weighted by Gasteiger charge is 2.03. The minimum atomic E-state index is -0.0957. The van der Waals surface area contributed by atoms with E-state index in [1.807, 2.05) is 49.4 Å². The number of rotatable bonds is 9. The Hall–Kier alpha value is -2.95. The van der Waals surface area contributed by atoms with Crippen molar-refractivity contribution < 1.29 is 9.59 Å². The zero-order valence-electron chi connectivity index (χ0n) is 15.1. The lowest BCUT2D eigenvalue weighted by Crippen LogP contribution is -2.24. The van der Waals surface area contributed by atoms with Crippen LogP contribution in [0, 0.1) is 6.92 Å². The molecule has 0 fully saturated rings. The van der Waals surface area contributed by atoms with Gasteiger partial charge in [0.2, 0.25) is 5.91 Å². The minimum Gasteiger partial charge on any atom is -0.352 e. The molecule has 0 aromatic heterocycles. The van der Waals surface area contributed by atoms with Gasteiger partial charge in [-0.3, -0.25) is 9.59 Å². The molecule has 2 aromatic carbocycles. The highest BCUT2D eigenvalue weighted by atomic mass is 16.2. The van der Waals surface area contributed by atoms with Gasteiger partial charge in [-0.25, -0.2) is 5.43 Å². The van der Waals surface area contributed by atoms with Crippen LogP contribution in [0.3, 0.4) is 0 Å². The second kappa shape index (κ2) is 10.8. The first-order valence-electron chi connectivity index (χ1n) is 8.87. The third-order valence-corrected chi connectivity index (χ3v) is 3.88. The first-order valence-corrected chi connectivity index (χ1v) is 8.87. The monoisotopic (exact) mass is 351 g/mol. The van der Waals surface area contributed by atoms with E-state index in [1.165, 1.54) is 5.56 Å². The molecule has 2 rings (SSSR count). The number of carbonyl (C=O) groups is 2. The van der Waals surface area contributed by atoms with Gasteiger partial charge in [-0.15, -0.1) is 0 Å². The lowest BCUT2D eigenvalue weighted by Gasteiger charge is -2.05. The average molecular weight is 351 g/mol. The fourth-order valence-corrected chi connectivity index (χ4v) is 2.37. The van der Waals surface area contributed by atoms with E-state index in [4.69, 9.17) is 0 Å². The molecule has 2 amide bonds. The molecule has 0 saturated heterocycles. The lowest BCUT2D eigenvalue weighted by atomic mass is 10.2. The van der Waals surface area contributed by atoms with Gasteiger partial charge in [0.05, 0.1) is 6.21 Å². The molecule has 0 bridgehead atoms. The number of benzene rings is 2. The highest BCUT2D eigenvalue weighted by molar-refractivity contribution is 5.94. The van der Waals surface area contributed by atoms with E-state index >= 15 is 0 Å². The molecule has 0 aliphatic carbocycles. The molecule has 2 aromatic rings. The van der Waals surface area contributed by atoms with E-state index < -0.39 is 0 Å². The van der Waals surface area contributed by atoms with Crippen LogP contribution < -0.4 is 10.7 Å². The van der Waals surface area contributed by atoms with Crippen molar-refractivity contribution in [2.75, 3.05) is 6.54 Å². The van der Waals surface area contributed by atoms with Gasteiger partial charge < -0.3 is 5.32 Å². The van der Waals surface area contributed by atoms with Crippen LogP contribution in [-0.2, 0) is 4.79 Å². The summed E-state index contributed by atoms with van der Waals surface area (Å²) in [7, 11) is 0. The number of aryl methyl sites for hydroxylation is 1. The summed E-state index contributed by atoms with van der Waals surface area (Å²) in [6, 6.07) is 17.0. The van der Waals surface area contributed by atoms with Crippen LogP contribution in [0.1, 0.15) is 47.2 Å². The molecule has 26 heavy (non-hydrogen) atoms. The summed E-state index contributed by atoms with van der Waals surface area (Å²) in [6.07, 6.45) is 4.56. The van der Waals surface area contributed by atoms with Gasteiger partial charge in [0.25, 0.3) is 5.91 Å². The fraction of sp³-hybridized carbons (Fsp3) is 0.286. The Kier molecular flexibility index (Phi) is 8.06. The molecule has 0 saturated carbocycles. The number of hydrazone groups is 1. The summed E-state index contributed by atoms with van der Waals surface area (Å²) in [4.78, 5) is 23.6. The van der Waals surface area contributed by atoms with Gasteiger partial charge >= 0.3 is 0 Å². The van der Waals surface area contributed by atoms with E-state index in [9.17, 15) is 9.59 Å². The Balaban J connectivity index is 1.53. The van der Waals surface area contributed by atoms with Crippen molar-refractivity contribution in [3.8, 4) is 0 Å². The first kappa shape index (κ1) is 19.4. The molecule has 0 radical (unpaired) electrons. The Morgan fingerprint density at radius 3 is 2.42 bits per heavy atom. The molecule has 136 valence electrons. The van der Waals surface area contributed by atoms with Crippen LogP contribution in [0.2, 0.25) is 0 Å². The number of amides is 2. The van der Waals surface area contributed by atoms with Crippen LogP contribution in [-0.4, -0.2) is 24.6 Å². The van der Waals surface area contributed by atoms with Crippen LogP contribution in [0.15, 0.2) is 59.7 Å². The molecule has 0 heterocycles. The number of nitrogens with zero attached hydrogens (tertiary/aromatic N) is 1. The molecular weight excluding hydrogens is 326 g/mol. The Bertz CT molecular complexity index is 725.